The van der Waals surface area contributed by atoms with Crippen LogP contribution in [0.4, 0.5) is 0 Å². The van der Waals surface area contributed by atoms with Gasteiger partial charge in [-0.05, 0) is 19.3 Å². The molecule has 58 valence electrons. The second-order valence-electron chi connectivity index (χ2n) is 3.00. The molecule has 0 heterocycles. The monoisotopic (exact) mass is 138 g/mol. The van der Waals surface area contributed by atoms with E-state index in [-0.39, 0.29) is 0 Å². The SMILES string of the molecule is CCC(C)=CC=CC(C)C. The molecular weight excluding hydrogens is 120 g/mol. The van der Waals surface area contributed by atoms with Gasteiger partial charge in [0.1, 0.15) is 0 Å². The van der Waals surface area contributed by atoms with Gasteiger partial charge in [-0.3, -0.25) is 0 Å². The average Bonchev–Trinajstić information content (AvgIpc) is 1.87. The molecule has 0 nitrogen and oxygen atoms in total. The topological polar surface area (TPSA) is 0 Å². The first-order valence-electron chi connectivity index (χ1n) is 4.00. The molecule has 0 saturated carbocycles. The molecule has 0 unspecified atom stereocenters. The fraction of sp³-hybridized carbons (Fsp3) is 0.600. The van der Waals surface area contributed by atoms with Crippen molar-refractivity contribution in [2.45, 2.75) is 34.1 Å². The van der Waals surface area contributed by atoms with Gasteiger partial charge in [0, 0.05) is 0 Å². The summed E-state index contributed by atoms with van der Waals surface area (Å²) in [5, 5.41) is 0. The first-order valence-corrected chi connectivity index (χ1v) is 4.00. The molecule has 0 aliphatic heterocycles. The minimum atomic E-state index is 0.668. The van der Waals surface area contributed by atoms with E-state index in [1.54, 1.807) is 0 Å². The fourth-order valence-corrected chi connectivity index (χ4v) is 0.560. The molecule has 0 aromatic carbocycles. The minimum absolute atomic E-state index is 0.668. The third kappa shape index (κ3) is 5.61. The van der Waals surface area contributed by atoms with E-state index in [0.29, 0.717) is 5.92 Å². The summed E-state index contributed by atoms with van der Waals surface area (Å²) in [6.45, 7) is 8.71. The zero-order valence-electron chi connectivity index (χ0n) is 7.52. The smallest absolute Gasteiger partial charge is 0.0287 e. The van der Waals surface area contributed by atoms with Gasteiger partial charge in [0.15, 0.2) is 0 Å². The Kier molecular flexibility index (Phi) is 5.00. The molecule has 0 N–H and O–H groups in total. The van der Waals surface area contributed by atoms with Gasteiger partial charge in [-0.25, -0.2) is 0 Å². The van der Waals surface area contributed by atoms with Gasteiger partial charge >= 0.3 is 0 Å². The summed E-state index contributed by atoms with van der Waals surface area (Å²) in [4.78, 5) is 0. The van der Waals surface area contributed by atoms with Crippen molar-refractivity contribution in [1.82, 2.24) is 0 Å². The maximum absolute atomic E-state index is 2.21. The van der Waals surface area contributed by atoms with E-state index in [0.717, 1.165) is 6.42 Å². The maximum Gasteiger partial charge on any atom is -0.0287 e. The molecule has 0 atom stereocenters. The lowest BCUT2D eigenvalue weighted by Gasteiger charge is -1.92. The van der Waals surface area contributed by atoms with Crippen LogP contribution < -0.4 is 0 Å². The second kappa shape index (κ2) is 5.28. The van der Waals surface area contributed by atoms with Gasteiger partial charge in [0.2, 0.25) is 0 Å². The number of hydrogen-bond donors (Lipinski definition) is 0. The van der Waals surface area contributed by atoms with Crippen molar-refractivity contribution < 1.29 is 0 Å². The van der Waals surface area contributed by atoms with E-state index in [9.17, 15) is 0 Å². The van der Waals surface area contributed by atoms with Crippen molar-refractivity contribution in [3.05, 3.63) is 23.8 Å². The van der Waals surface area contributed by atoms with Crippen molar-refractivity contribution in [2.24, 2.45) is 5.92 Å². The van der Waals surface area contributed by atoms with Crippen LogP contribution in [0.1, 0.15) is 34.1 Å². The Balaban J connectivity index is 3.70. The third-order valence-electron chi connectivity index (χ3n) is 1.43. The Morgan fingerprint density at radius 1 is 1.40 bits per heavy atom. The van der Waals surface area contributed by atoms with E-state index in [4.69, 9.17) is 0 Å². The Bertz CT molecular complexity index is 127. The van der Waals surface area contributed by atoms with E-state index < -0.39 is 0 Å². The fourth-order valence-electron chi connectivity index (χ4n) is 0.560. The van der Waals surface area contributed by atoms with E-state index in [1.807, 2.05) is 0 Å². The van der Waals surface area contributed by atoms with Crippen LogP contribution in [0.3, 0.4) is 0 Å². The van der Waals surface area contributed by atoms with E-state index >= 15 is 0 Å². The van der Waals surface area contributed by atoms with Crippen molar-refractivity contribution in [3.63, 3.8) is 0 Å². The van der Waals surface area contributed by atoms with E-state index in [1.165, 1.54) is 5.57 Å². The Morgan fingerprint density at radius 3 is 2.40 bits per heavy atom. The molecule has 0 heteroatoms. The molecule has 0 aromatic rings. The van der Waals surface area contributed by atoms with Crippen LogP contribution in [0.2, 0.25) is 0 Å². The van der Waals surface area contributed by atoms with Crippen LogP contribution in [0.25, 0.3) is 0 Å². The van der Waals surface area contributed by atoms with Crippen molar-refractivity contribution in [2.75, 3.05) is 0 Å². The predicted molar refractivity (Wildman–Crippen MR) is 48.0 cm³/mol. The van der Waals surface area contributed by atoms with Crippen LogP contribution >= 0.6 is 0 Å². The van der Waals surface area contributed by atoms with Gasteiger partial charge in [0.05, 0.1) is 0 Å². The first-order chi connectivity index (χ1) is 4.66. The zero-order valence-corrected chi connectivity index (χ0v) is 7.52. The molecule has 0 saturated heterocycles. The summed E-state index contributed by atoms with van der Waals surface area (Å²) in [6.07, 6.45) is 7.69. The number of hydrogen-bond acceptors (Lipinski definition) is 0. The second-order valence-corrected chi connectivity index (χ2v) is 3.00. The van der Waals surface area contributed by atoms with Crippen molar-refractivity contribution >= 4 is 0 Å². The Morgan fingerprint density at radius 2 is 2.00 bits per heavy atom. The molecule has 0 aromatic heterocycles. The predicted octanol–water partition coefficient (Wildman–Crippen LogP) is 3.55. The third-order valence-corrected chi connectivity index (χ3v) is 1.43. The van der Waals surface area contributed by atoms with Crippen LogP contribution in [0, 0.1) is 5.92 Å². The molecular formula is C10H18. The van der Waals surface area contributed by atoms with Gasteiger partial charge in [-0.15, -0.1) is 0 Å². The first kappa shape index (κ1) is 9.48. The molecule has 0 rings (SSSR count). The summed E-state index contributed by atoms with van der Waals surface area (Å²) < 4.78 is 0. The van der Waals surface area contributed by atoms with Gasteiger partial charge in [0.25, 0.3) is 0 Å². The molecule has 10 heavy (non-hydrogen) atoms. The molecule has 0 spiro atoms. The van der Waals surface area contributed by atoms with E-state index in [2.05, 4.69) is 45.9 Å². The highest BCUT2D eigenvalue weighted by Crippen LogP contribution is 1.99. The molecule has 0 aliphatic carbocycles. The van der Waals surface area contributed by atoms with Crippen LogP contribution in [-0.4, -0.2) is 0 Å². The molecule has 0 amide bonds. The molecule has 0 radical (unpaired) electrons. The van der Waals surface area contributed by atoms with Gasteiger partial charge in [-0.1, -0.05) is 44.6 Å². The summed E-state index contributed by atoms with van der Waals surface area (Å²) in [5.41, 5.74) is 1.44. The summed E-state index contributed by atoms with van der Waals surface area (Å²) >= 11 is 0. The molecule has 0 bridgehead atoms. The highest BCUT2D eigenvalue weighted by Gasteiger charge is 1.81. The lowest BCUT2D eigenvalue weighted by Crippen LogP contribution is -1.75. The number of rotatable bonds is 3. The zero-order chi connectivity index (χ0) is 7.98. The summed E-state index contributed by atoms with van der Waals surface area (Å²) in [7, 11) is 0. The lowest BCUT2D eigenvalue weighted by atomic mass is 10.2. The van der Waals surface area contributed by atoms with Gasteiger partial charge < -0.3 is 0 Å². The van der Waals surface area contributed by atoms with Crippen molar-refractivity contribution in [3.8, 4) is 0 Å². The molecule has 0 fully saturated rings. The highest BCUT2D eigenvalue weighted by atomic mass is 13.9. The van der Waals surface area contributed by atoms with Crippen LogP contribution in [-0.2, 0) is 0 Å². The molecule has 0 aliphatic rings. The maximum atomic E-state index is 2.21. The highest BCUT2D eigenvalue weighted by molar-refractivity contribution is 5.10. The summed E-state index contributed by atoms with van der Waals surface area (Å²) in [6, 6.07) is 0. The van der Waals surface area contributed by atoms with Crippen LogP contribution in [0.5, 0.6) is 0 Å². The lowest BCUT2D eigenvalue weighted by molar-refractivity contribution is 0.831. The minimum Gasteiger partial charge on any atom is -0.0820 e. The summed E-state index contributed by atoms with van der Waals surface area (Å²) in [5.74, 6) is 0.668. The number of allylic oxidation sites excluding steroid dienone is 4. The van der Waals surface area contributed by atoms with Crippen molar-refractivity contribution in [1.29, 1.82) is 0 Å². The van der Waals surface area contributed by atoms with Crippen LogP contribution in [0.15, 0.2) is 23.8 Å². The van der Waals surface area contributed by atoms with Gasteiger partial charge in [-0.2, -0.15) is 0 Å². The standard InChI is InChI=1S/C10H18/c1-5-10(4)8-6-7-9(2)3/h6-9H,5H2,1-4H3. The largest absolute Gasteiger partial charge is 0.0820 e. The Hall–Kier alpha value is -0.520. The normalized spacial score (nSPS) is 13.5. The quantitative estimate of drug-likeness (QED) is 0.523. The average molecular weight is 138 g/mol. The Labute approximate surface area is 64.6 Å².